The Kier molecular flexibility index (Phi) is 3.82. The summed E-state index contributed by atoms with van der Waals surface area (Å²) in [6, 6.07) is 3.50. The molecule has 2 rings (SSSR count). The van der Waals surface area contributed by atoms with Crippen LogP contribution in [-0.4, -0.2) is 17.0 Å². The normalized spacial score (nSPS) is 22.7. The fourth-order valence-corrected chi connectivity index (χ4v) is 2.10. The number of carbonyl (C=O) groups excluding carboxylic acids is 1. The Bertz CT molecular complexity index is 450. The van der Waals surface area contributed by atoms with Crippen LogP contribution in [0, 0.1) is 11.8 Å². The maximum Gasteiger partial charge on any atom is 0.307 e. The molecule has 5 heteroatoms. The summed E-state index contributed by atoms with van der Waals surface area (Å²) in [5.74, 6) is -1.63. The van der Waals surface area contributed by atoms with Gasteiger partial charge in [0.1, 0.15) is 5.76 Å². The van der Waals surface area contributed by atoms with Gasteiger partial charge >= 0.3 is 5.97 Å². The number of rotatable bonds is 4. The van der Waals surface area contributed by atoms with Crippen LogP contribution in [0.1, 0.15) is 18.6 Å². The molecular weight excluding hydrogens is 234 g/mol. The molecule has 1 aromatic rings. The second-order valence-electron chi connectivity index (χ2n) is 4.29. The van der Waals surface area contributed by atoms with Crippen molar-refractivity contribution in [2.75, 3.05) is 0 Å². The van der Waals surface area contributed by atoms with E-state index in [4.69, 9.17) is 9.52 Å². The Balaban J connectivity index is 1.94. The van der Waals surface area contributed by atoms with E-state index in [9.17, 15) is 9.59 Å². The van der Waals surface area contributed by atoms with E-state index in [1.807, 2.05) is 12.2 Å². The first-order chi connectivity index (χ1) is 8.68. The second kappa shape index (κ2) is 5.53. The van der Waals surface area contributed by atoms with Crippen LogP contribution < -0.4 is 5.32 Å². The van der Waals surface area contributed by atoms with Crippen LogP contribution in [0.25, 0.3) is 0 Å². The van der Waals surface area contributed by atoms with Gasteiger partial charge in [0, 0.05) is 0 Å². The smallest absolute Gasteiger partial charge is 0.307 e. The van der Waals surface area contributed by atoms with E-state index in [1.165, 1.54) is 6.26 Å². The molecule has 5 nitrogen and oxygen atoms in total. The van der Waals surface area contributed by atoms with Crippen molar-refractivity contribution in [1.82, 2.24) is 5.32 Å². The summed E-state index contributed by atoms with van der Waals surface area (Å²) < 4.78 is 5.10. The first-order valence-corrected chi connectivity index (χ1v) is 5.86. The van der Waals surface area contributed by atoms with Crippen molar-refractivity contribution in [2.24, 2.45) is 11.8 Å². The Morgan fingerprint density at radius 1 is 1.33 bits per heavy atom. The van der Waals surface area contributed by atoms with Crippen LogP contribution >= 0.6 is 0 Å². The van der Waals surface area contributed by atoms with Crippen molar-refractivity contribution in [2.45, 2.75) is 19.4 Å². The fourth-order valence-electron chi connectivity index (χ4n) is 2.10. The molecule has 0 spiro atoms. The topological polar surface area (TPSA) is 79.5 Å². The van der Waals surface area contributed by atoms with E-state index in [0.717, 1.165) is 0 Å². The molecule has 0 bridgehead atoms. The number of carboxylic acid groups (broad SMARTS) is 1. The lowest BCUT2D eigenvalue weighted by molar-refractivity contribution is -0.147. The van der Waals surface area contributed by atoms with Gasteiger partial charge in [0.05, 0.1) is 24.6 Å². The SMILES string of the molecule is O=C(NCc1ccco1)[C@H]1CC=CC[C@H]1C(=O)O. The molecule has 0 fully saturated rings. The summed E-state index contributed by atoms with van der Waals surface area (Å²) in [5.41, 5.74) is 0. The molecule has 0 saturated heterocycles. The highest BCUT2D eigenvalue weighted by atomic mass is 16.4. The minimum atomic E-state index is -0.919. The molecule has 2 atom stereocenters. The molecule has 1 heterocycles. The van der Waals surface area contributed by atoms with E-state index < -0.39 is 17.8 Å². The number of carbonyl (C=O) groups is 2. The van der Waals surface area contributed by atoms with Crippen LogP contribution in [0.15, 0.2) is 35.0 Å². The van der Waals surface area contributed by atoms with E-state index in [2.05, 4.69) is 5.32 Å². The van der Waals surface area contributed by atoms with Gasteiger partial charge in [-0.15, -0.1) is 0 Å². The molecule has 1 amide bonds. The lowest BCUT2D eigenvalue weighted by atomic mass is 9.82. The zero-order chi connectivity index (χ0) is 13.0. The molecule has 0 aromatic carbocycles. The number of furan rings is 1. The standard InChI is InChI=1S/C13H15NO4/c15-12(14-8-9-4-3-7-18-9)10-5-1-2-6-11(10)13(16)17/h1-4,7,10-11H,5-6,8H2,(H,14,15)(H,16,17)/t10-,11+/m0/s1. The van der Waals surface area contributed by atoms with Crippen LogP contribution in [0.3, 0.4) is 0 Å². The van der Waals surface area contributed by atoms with Gasteiger partial charge in [-0.25, -0.2) is 0 Å². The third kappa shape index (κ3) is 2.80. The quantitative estimate of drug-likeness (QED) is 0.794. The molecule has 0 aliphatic heterocycles. The Morgan fingerprint density at radius 3 is 2.67 bits per heavy atom. The molecule has 1 aliphatic rings. The van der Waals surface area contributed by atoms with E-state index >= 15 is 0 Å². The minimum Gasteiger partial charge on any atom is -0.481 e. The second-order valence-corrected chi connectivity index (χ2v) is 4.29. The number of hydrogen-bond donors (Lipinski definition) is 2. The predicted molar refractivity (Wildman–Crippen MR) is 63.5 cm³/mol. The molecule has 0 saturated carbocycles. The molecule has 1 aromatic heterocycles. The van der Waals surface area contributed by atoms with Gasteiger partial charge in [-0.2, -0.15) is 0 Å². The Labute approximate surface area is 104 Å². The monoisotopic (exact) mass is 249 g/mol. The largest absolute Gasteiger partial charge is 0.481 e. The van der Waals surface area contributed by atoms with Crippen molar-refractivity contribution in [3.63, 3.8) is 0 Å². The van der Waals surface area contributed by atoms with Crippen molar-refractivity contribution < 1.29 is 19.1 Å². The zero-order valence-electron chi connectivity index (χ0n) is 9.83. The summed E-state index contributed by atoms with van der Waals surface area (Å²) in [5, 5.41) is 11.8. The van der Waals surface area contributed by atoms with Crippen LogP contribution in [0.4, 0.5) is 0 Å². The van der Waals surface area contributed by atoms with E-state index in [0.29, 0.717) is 25.1 Å². The highest BCUT2D eigenvalue weighted by Crippen LogP contribution is 2.26. The molecule has 0 unspecified atom stereocenters. The van der Waals surface area contributed by atoms with Crippen molar-refractivity contribution in [1.29, 1.82) is 0 Å². The van der Waals surface area contributed by atoms with Crippen LogP contribution in [-0.2, 0) is 16.1 Å². The summed E-state index contributed by atoms with van der Waals surface area (Å²) in [6.45, 7) is 0.290. The number of hydrogen-bond acceptors (Lipinski definition) is 3. The van der Waals surface area contributed by atoms with Crippen LogP contribution in [0.5, 0.6) is 0 Å². The summed E-state index contributed by atoms with van der Waals surface area (Å²) in [4.78, 5) is 23.0. The maximum atomic E-state index is 12.0. The van der Waals surface area contributed by atoms with Crippen LogP contribution in [0.2, 0.25) is 0 Å². The van der Waals surface area contributed by atoms with Crippen molar-refractivity contribution in [3.05, 3.63) is 36.3 Å². The third-order valence-electron chi connectivity index (χ3n) is 3.10. The molecular formula is C13H15NO4. The molecule has 0 radical (unpaired) electrons. The van der Waals surface area contributed by atoms with E-state index in [-0.39, 0.29) is 5.91 Å². The summed E-state index contributed by atoms with van der Waals surface area (Å²) in [6.07, 6.45) is 6.09. The fraction of sp³-hybridized carbons (Fsp3) is 0.385. The predicted octanol–water partition coefficient (Wildman–Crippen LogP) is 1.56. The third-order valence-corrected chi connectivity index (χ3v) is 3.10. The highest BCUT2D eigenvalue weighted by molar-refractivity contribution is 5.85. The lowest BCUT2D eigenvalue weighted by Gasteiger charge is -2.23. The Morgan fingerprint density at radius 2 is 2.06 bits per heavy atom. The summed E-state index contributed by atoms with van der Waals surface area (Å²) >= 11 is 0. The van der Waals surface area contributed by atoms with Gasteiger partial charge in [-0.3, -0.25) is 9.59 Å². The highest BCUT2D eigenvalue weighted by Gasteiger charge is 2.33. The van der Waals surface area contributed by atoms with Gasteiger partial charge in [0.15, 0.2) is 0 Å². The summed E-state index contributed by atoms with van der Waals surface area (Å²) in [7, 11) is 0. The first kappa shape index (κ1) is 12.4. The zero-order valence-corrected chi connectivity index (χ0v) is 9.83. The van der Waals surface area contributed by atoms with Crippen molar-refractivity contribution >= 4 is 11.9 Å². The average Bonchev–Trinajstić information content (AvgIpc) is 2.89. The van der Waals surface area contributed by atoms with Gasteiger partial charge in [-0.1, -0.05) is 12.2 Å². The average molecular weight is 249 g/mol. The van der Waals surface area contributed by atoms with E-state index in [1.54, 1.807) is 12.1 Å². The number of allylic oxidation sites excluding steroid dienone is 2. The van der Waals surface area contributed by atoms with Gasteiger partial charge in [0.2, 0.25) is 5.91 Å². The molecule has 18 heavy (non-hydrogen) atoms. The molecule has 2 N–H and O–H groups in total. The Hall–Kier alpha value is -2.04. The maximum absolute atomic E-state index is 12.0. The molecule has 96 valence electrons. The first-order valence-electron chi connectivity index (χ1n) is 5.86. The van der Waals surface area contributed by atoms with Crippen molar-refractivity contribution in [3.8, 4) is 0 Å². The molecule has 1 aliphatic carbocycles. The minimum absolute atomic E-state index is 0.233. The van der Waals surface area contributed by atoms with Gasteiger partial charge in [0.25, 0.3) is 0 Å². The van der Waals surface area contributed by atoms with Gasteiger partial charge < -0.3 is 14.8 Å². The number of aliphatic carboxylic acids is 1. The van der Waals surface area contributed by atoms with Gasteiger partial charge in [-0.05, 0) is 25.0 Å². The number of nitrogens with one attached hydrogen (secondary N) is 1. The lowest BCUT2D eigenvalue weighted by Crippen LogP contribution is -2.38. The number of amides is 1. The number of carboxylic acids is 1.